The Balaban J connectivity index is 1.45. The molecular weight excluding hydrogens is 558 g/mol. The van der Waals surface area contributed by atoms with E-state index < -0.39 is 43.1 Å². The van der Waals surface area contributed by atoms with Crippen LogP contribution in [-0.2, 0) is 45.4 Å². The van der Waals surface area contributed by atoms with E-state index in [0.717, 1.165) is 22.3 Å². The van der Waals surface area contributed by atoms with Crippen LogP contribution in [0, 0.1) is 0 Å². The topological polar surface area (TPSA) is 97.7 Å². The number of aliphatic hydroxyl groups excluding tert-OH is 2. The molecule has 0 radical (unpaired) electrons. The number of hydrogen-bond acceptors (Lipinski definition) is 7. The number of likely N-dealkylation sites (tertiary alicyclic amines) is 1. The molecule has 5 rings (SSSR count). The molecule has 0 spiro atoms. The number of rotatable bonds is 14. The standard InChI is InChI=1S/C36H39NO7/c38-21-32(39)33-35(43-24-29-17-9-3-10-18-29)34(42-23-28-15-7-2-8-16-28)31(26-41-22-27-13-5-1-6-14-27)37(33)36(40)44-25-30-19-11-4-12-20-30/h1-20,31-35,38-39H,21-26H2/t31-,32-,33-,34-,35-/m0/s1. The average Bonchev–Trinajstić information content (AvgIpc) is 3.39. The van der Waals surface area contributed by atoms with E-state index in [4.69, 9.17) is 18.9 Å². The van der Waals surface area contributed by atoms with Gasteiger partial charge in [0.1, 0.15) is 24.9 Å². The van der Waals surface area contributed by atoms with Crippen molar-refractivity contribution < 1.29 is 34.0 Å². The molecule has 8 heteroatoms. The molecule has 0 unspecified atom stereocenters. The van der Waals surface area contributed by atoms with Crippen molar-refractivity contribution >= 4 is 6.09 Å². The number of nitrogens with zero attached hydrogens (tertiary/aromatic N) is 1. The Kier molecular flexibility index (Phi) is 11.5. The Hall–Kier alpha value is -4.05. The highest BCUT2D eigenvalue weighted by Gasteiger charge is 2.55. The van der Waals surface area contributed by atoms with Gasteiger partial charge in [-0.3, -0.25) is 4.90 Å². The molecule has 0 saturated carbocycles. The minimum atomic E-state index is -1.32. The summed E-state index contributed by atoms with van der Waals surface area (Å²) >= 11 is 0. The molecule has 44 heavy (non-hydrogen) atoms. The molecule has 5 atom stereocenters. The first-order valence-electron chi connectivity index (χ1n) is 14.8. The van der Waals surface area contributed by atoms with Crippen molar-refractivity contribution in [1.29, 1.82) is 0 Å². The molecular formula is C36H39NO7. The van der Waals surface area contributed by atoms with Gasteiger partial charge in [-0.05, 0) is 22.3 Å². The van der Waals surface area contributed by atoms with Crippen LogP contribution in [0.2, 0.25) is 0 Å². The summed E-state index contributed by atoms with van der Waals surface area (Å²) in [4.78, 5) is 15.3. The highest BCUT2D eigenvalue weighted by Crippen LogP contribution is 2.35. The van der Waals surface area contributed by atoms with Crippen LogP contribution in [0.5, 0.6) is 0 Å². The molecule has 230 valence electrons. The van der Waals surface area contributed by atoms with Gasteiger partial charge in [0, 0.05) is 0 Å². The molecule has 4 aromatic carbocycles. The molecule has 0 aromatic heterocycles. The first-order chi connectivity index (χ1) is 21.6. The van der Waals surface area contributed by atoms with Crippen LogP contribution in [0.1, 0.15) is 22.3 Å². The van der Waals surface area contributed by atoms with Gasteiger partial charge in [-0.15, -0.1) is 0 Å². The SMILES string of the molecule is O=C(OCc1ccccc1)N1[C@@H]([C@@H](O)CO)[C@H](OCc2ccccc2)[C@@H](OCc2ccccc2)[C@@H]1COCc1ccccc1. The van der Waals surface area contributed by atoms with Gasteiger partial charge in [0.15, 0.2) is 0 Å². The van der Waals surface area contributed by atoms with Gasteiger partial charge in [0.05, 0.1) is 45.1 Å². The largest absolute Gasteiger partial charge is 0.445 e. The van der Waals surface area contributed by atoms with Crippen LogP contribution in [0.15, 0.2) is 121 Å². The molecule has 8 nitrogen and oxygen atoms in total. The lowest BCUT2D eigenvalue weighted by molar-refractivity contribution is -0.0982. The number of hydrogen-bond donors (Lipinski definition) is 2. The van der Waals surface area contributed by atoms with Crippen molar-refractivity contribution in [2.24, 2.45) is 0 Å². The van der Waals surface area contributed by atoms with E-state index in [0.29, 0.717) is 6.61 Å². The molecule has 1 amide bonds. The number of benzene rings is 4. The van der Waals surface area contributed by atoms with Crippen molar-refractivity contribution in [2.45, 2.75) is 56.8 Å². The summed E-state index contributed by atoms with van der Waals surface area (Å²) in [5.41, 5.74) is 3.68. The van der Waals surface area contributed by atoms with Crippen molar-refractivity contribution in [3.05, 3.63) is 144 Å². The second-order valence-corrected chi connectivity index (χ2v) is 10.8. The molecule has 1 aliphatic rings. The zero-order valence-corrected chi connectivity index (χ0v) is 24.6. The number of aliphatic hydroxyl groups is 2. The molecule has 1 aliphatic heterocycles. The lowest BCUT2D eigenvalue weighted by Crippen LogP contribution is -2.52. The third kappa shape index (κ3) is 8.31. The van der Waals surface area contributed by atoms with E-state index in [1.54, 1.807) is 0 Å². The van der Waals surface area contributed by atoms with Crippen LogP contribution in [0.25, 0.3) is 0 Å². The van der Waals surface area contributed by atoms with Gasteiger partial charge in [-0.1, -0.05) is 121 Å². The Labute approximate surface area is 258 Å². The molecule has 1 saturated heterocycles. The normalized spacial score (nSPS) is 20.4. The monoisotopic (exact) mass is 597 g/mol. The minimum Gasteiger partial charge on any atom is -0.445 e. The number of carbonyl (C=O) groups excluding carboxylic acids is 1. The van der Waals surface area contributed by atoms with Gasteiger partial charge >= 0.3 is 6.09 Å². The van der Waals surface area contributed by atoms with Crippen LogP contribution in [0.3, 0.4) is 0 Å². The molecule has 0 bridgehead atoms. The summed E-state index contributed by atoms with van der Waals surface area (Å²) in [6, 6.07) is 36.9. The van der Waals surface area contributed by atoms with E-state index >= 15 is 0 Å². The Morgan fingerprint density at radius 2 is 1.07 bits per heavy atom. The van der Waals surface area contributed by atoms with Crippen molar-refractivity contribution in [1.82, 2.24) is 4.90 Å². The number of carbonyl (C=O) groups is 1. The zero-order valence-electron chi connectivity index (χ0n) is 24.6. The third-order valence-corrected chi connectivity index (χ3v) is 7.69. The minimum absolute atomic E-state index is 0.0424. The molecule has 1 heterocycles. The molecule has 0 aliphatic carbocycles. The average molecular weight is 598 g/mol. The van der Waals surface area contributed by atoms with Crippen LogP contribution in [-0.4, -0.2) is 64.8 Å². The maximum absolute atomic E-state index is 13.9. The Morgan fingerprint density at radius 3 is 1.55 bits per heavy atom. The number of ether oxygens (including phenoxy) is 4. The summed E-state index contributed by atoms with van der Waals surface area (Å²) in [5, 5.41) is 21.3. The first kappa shape index (κ1) is 31.4. The Morgan fingerprint density at radius 1 is 0.636 bits per heavy atom. The lowest BCUT2D eigenvalue weighted by Gasteiger charge is -2.32. The van der Waals surface area contributed by atoms with Gasteiger partial charge in [0.25, 0.3) is 0 Å². The predicted molar refractivity (Wildman–Crippen MR) is 165 cm³/mol. The quantitative estimate of drug-likeness (QED) is 0.208. The van der Waals surface area contributed by atoms with Crippen molar-refractivity contribution in [3.63, 3.8) is 0 Å². The maximum Gasteiger partial charge on any atom is 0.410 e. The molecule has 2 N–H and O–H groups in total. The summed E-state index contributed by atoms with van der Waals surface area (Å²) in [7, 11) is 0. The highest BCUT2D eigenvalue weighted by molar-refractivity contribution is 5.69. The lowest BCUT2D eigenvalue weighted by atomic mass is 10.0. The zero-order chi connectivity index (χ0) is 30.6. The van der Waals surface area contributed by atoms with Gasteiger partial charge in [-0.2, -0.15) is 0 Å². The van der Waals surface area contributed by atoms with Gasteiger partial charge in [0.2, 0.25) is 0 Å². The smallest absolute Gasteiger partial charge is 0.410 e. The van der Waals surface area contributed by atoms with Gasteiger partial charge < -0.3 is 29.2 Å². The van der Waals surface area contributed by atoms with E-state index in [1.165, 1.54) is 4.90 Å². The van der Waals surface area contributed by atoms with Crippen LogP contribution < -0.4 is 0 Å². The summed E-state index contributed by atoms with van der Waals surface area (Å²) in [6.45, 7) is 0.339. The fourth-order valence-corrected chi connectivity index (χ4v) is 5.49. The number of amides is 1. The molecule has 1 fully saturated rings. The predicted octanol–water partition coefficient (Wildman–Crippen LogP) is 5.12. The third-order valence-electron chi connectivity index (χ3n) is 7.69. The summed E-state index contributed by atoms with van der Waals surface area (Å²) in [5.74, 6) is 0. The van der Waals surface area contributed by atoms with Crippen LogP contribution >= 0.6 is 0 Å². The van der Waals surface area contributed by atoms with Crippen LogP contribution in [0.4, 0.5) is 4.79 Å². The van der Waals surface area contributed by atoms with E-state index in [9.17, 15) is 15.0 Å². The fraction of sp³-hybridized carbons (Fsp3) is 0.306. The Bertz CT molecular complexity index is 1390. The van der Waals surface area contributed by atoms with E-state index in [-0.39, 0.29) is 26.4 Å². The maximum atomic E-state index is 13.9. The highest BCUT2D eigenvalue weighted by atomic mass is 16.6. The second-order valence-electron chi connectivity index (χ2n) is 10.8. The van der Waals surface area contributed by atoms with E-state index in [1.807, 2.05) is 121 Å². The molecule has 4 aromatic rings. The summed E-state index contributed by atoms with van der Waals surface area (Å²) in [6.07, 6.45) is -3.47. The van der Waals surface area contributed by atoms with Crippen molar-refractivity contribution in [2.75, 3.05) is 13.2 Å². The first-order valence-corrected chi connectivity index (χ1v) is 14.8. The van der Waals surface area contributed by atoms with E-state index in [2.05, 4.69) is 0 Å². The van der Waals surface area contributed by atoms with Crippen molar-refractivity contribution in [3.8, 4) is 0 Å². The van der Waals surface area contributed by atoms with Gasteiger partial charge in [-0.25, -0.2) is 4.79 Å². The summed E-state index contributed by atoms with van der Waals surface area (Å²) < 4.78 is 24.9. The fourth-order valence-electron chi connectivity index (χ4n) is 5.49. The second kappa shape index (κ2) is 16.1.